The number of carbonyl (C=O) groups excluding carboxylic acids is 4. The van der Waals surface area contributed by atoms with Crippen LogP contribution < -0.4 is 5.73 Å². The molecular formula is C40H62FN5O10Si. The minimum Gasteiger partial charge on any atom is -0.462 e. The molecule has 15 nitrogen and oxygen atoms in total. The second-order valence-electron chi connectivity index (χ2n) is 16.0. The minimum atomic E-state index is -2.37. The Balaban J connectivity index is 1.65. The highest BCUT2D eigenvalue weighted by molar-refractivity contribution is 6.74. The van der Waals surface area contributed by atoms with Gasteiger partial charge in [0.1, 0.15) is 25.5 Å². The molecule has 0 amide bonds. The van der Waals surface area contributed by atoms with E-state index in [0.29, 0.717) is 12.8 Å². The number of hydrogen-bond acceptors (Lipinski definition) is 14. The number of rotatable bonds is 24. The number of nitrogens with zero attached hydrogens (tertiary/aromatic N) is 4. The molecule has 318 valence electrons. The van der Waals surface area contributed by atoms with Gasteiger partial charge in [-0.1, -0.05) is 79.1 Å². The first-order valence-corrected chi connectivity index (χ1v) is 23.0. The summed E-state index contributed by atoms with van der Waals surface area (Å²) < 4.78 is 50.8. The molecule has 57 heavy (non-hydrogen) atoms. The van der Waals surface area contributed by atoms with Gasteiger partial charge in [0.25, 0.3) is 0 Å². The maximum absolute atomic E-state index is 14.2. The van der Waals surface area contributed by atoms with Gasteiger partial charge in [0.05, 0.1) is 12.9 Å². The third-order valence-corrected chi connectivity index (χ3v) is 14.9. The van der Waals surface area contributed by atoms with Crippen LogP contribution in [0.1, 0.15) is 131 Å². The van der Waals surface area contributed by atoms with Crippen LogP contribution in [0.3, 0.4) is 0 Å². The van der Waals surface area contributed by atoms with Gasteiger partial charge in [-0.2, -0.15) is 14.4 Å². The number of unbranched alkanes of at least 4 members (excludes halogenated alkanes) is 6. The number of fused-ring (bicyclic) bond motifs is 1. The number of terminal acetylenes is 1. The van der Waals surface area contributed by atoms with Crippen LogP contribution in [0.2, 0.25) is 18.1 Å². The molecule has 0 radical (unpaired) electrons. The minimum absolute atomic E-state index is 0.0478. The Morgan fingerprint density at radius 1 is 0.947 bits per heavy atom. The van der Waals surface area contributed by atoms with Crippen LogP contribution in [-0.4, -0.2) is 89.3 Å². The quantitative estimate of drug-likeness (QED) is 0.0288. The predicted octanol–water partition coefficient (Wildman–Crippen LogP) is 6.88. The summed E-state index contributed by atoms with van der Waals surface area (Å²) in [5, 5.41) is -0.168. The molecule has 0 spiro atoms. The monoisotopic (exact) mass is 819 g/mol. The number of halogens is 1. The number of anilines is 1. The van der Waals surface area contributed by atoms with E-state index < -0.39 is 62.3 Å². The van der Waals surface area contributed by atoms with Crippen molar-refractivity contribution in [2.45, 2.75) is 167 Å². The summed E-state index contributed by atoms with van der Waals surface area (Å²) in [6.07, 6.45) is 11.0. The molecule has 3 rings (SSSR count). The van der Waals surface area contributed by atoms with Gasteiger partial charge in [-0.05, 0) is 37.4 Å². The number of imidazole rings is 1. The molecule has 2 N–H and O–H groups in total. The smallest absolute Gasteiger partial charge is 0.312 e. The number of aromatic nitrogens is 4. The lowest BCUT2D eigenvalue weighted by molar-refractivity contribution is -0.167. The van der Waals surface area contributed by atoms with Crippen LogP contribution in [0.4, 0.5) is 10.2 Å². The molecule has 0 aromatic carbocycles. The summed E-state index contributed by atoms with van der Waals surface area (Å²) in [7, 11) is -2.37. The second kappa shape index (κ2) is 22.1. The summed E-state index contributed by atoms with van der Waals surface area (Å²) in [5.74, 6) is 0.350. The van der Waals surface area contributed by atoms with Crippen molar-refractivity contribution in [2.75, 3.05) is 25.6 Å². The fraction of sp³-hybridized carbons (Fsp3) is 0.725. The summed E-state index contributed by atoms with van der Waals surface area (Å²) in [5.41, 5.74) is 4.59. The fourth-order valence-electron chi connectivity index (χ4n) is 5.84. The van der Waals surface area contributed by atoms with E-state index in [4.69, 9.17) is 40.3 Å². The van der Waals surface area contributed by atoms with E-state index in [1.54, 1.807) is 0 Å². The van der Waals surface area contributed by atoms with Gasteiger partial charge in [0.2, 0.25) is 0 Å². The topological polar surface area (TPSA) is 193 Å². The molecule has 0 saturated carbocycles. The van der Waals surface area contributed by atoms with Crippen LogP contribution in [-0.2, 0) is 47.3 Å². The van der Waals surface area contributed by atoms with Crippen LogP contribution in [0, 0.1) is 18.4 Å². The number of nitrogens with two attached hydrogens (primary N) is 1. The highest BCUT2D eigenvalue weighted by atomic mass is 28.4. The van der Waals surface area contributed by atoms with Crippen molar-refractivity contribution in [1.82, 2.24) is 19.5 Å². The Labute approximate surface area is 336 Å². The third-order valence-electron chi connectivity index (χ3n) is 10.4. The van der Waals surface area contributed by atoms with E-state index >= 15 is 0 Å². The Morgan fingerprint density at radius 2 is 1.53 bits per heavy atom. The van der Waals surface area contributed by atoms with E-state index in [-0.39, 0.29) is 80.4 Å². The van der Waals surface area contributed by atoms with E-state index in [1.807, 2.05) is 0 Å². The van der Waals surface area contributed by atoms with Crippen LogP contribution in [0.5, 0.6) is 0 Å². The third kappa shape index (κ3) is 14.3. The van der Waals surface area contributed by atoms with Crippen molar-refractivity contribution in [1.29, 1.82) is 0 Å². The molecule has 2 aromatic rings. The predicted molar refractivity (Wildman–Crippen MR) is 212 cm³/mol. The zero-order valence-corrected chi connectivity index (χ0v) is 35.7. The first kappa shape index (κ1) is 47.2. The number of esters is 4. The molecular weight excluding hydrogens is 758 g/mol. The Morgan fingerprint density at radius 3 is 2.09 bits per heavy atom. The first-order valence-electron chi connectivity index (χ1n) is 20.1. The summed E-state index contributed by atoms with van der Waals surface area (Å²) in [6, 6.07) is 0. The molecule has 3 atom stereocenters. The molecule has 3 heterocycles. The fourth-order valence-corrected chi connectivity index (χ4v) is 6.85. The van der Waals surface area contributed by atoms with Gasteiger partial charge in [-0.25, -0.2) is 4.98 Å². The lowest BCUT2D eigenvalue weighted by Gasteiger charge is -2.39. The number of ether oxygens (including phenoxy) is 5. The lowest BCUT2D eigenvalue weighted by atomic mass is 9.98. The largest absolute Gasteiger partial charge is 0.462 e. The van der Waals surface area contributed by atoms with Crippen LogP contribution in [0.25, 0.3) is 11.2 Å². The van der Waals surface area contributed by atoms with Crippen LogP contribution in [0.15, 0.2) is 6.33 Å². The molecule has 2 aromatic heterocycles. The summed E-state index contributed by atoms with van der Waals surface area (Å²) in [6.45, 7) is 13.9. The van der Waals surface area contributed by atoms with Gasteiger partial charge >= 0.3 is 30.0 Å². The molecule has 0 unspecified atom stereocenters. The van der Waals surface area contributed by atoms with Crippen molar-refractivity contribution < 1.29 is 51.7 Å². The SMILES string of the molecule is C#C[C@]1(CO[Si](C)(C)C(C)(C)C)O[C@@H](n2cnc3c(N)nc(F)nc32)C[C@@H]1OC(=O)CCCC(=O)OC(COC(=O)CCCCCC)COC(=O)CCCCCC. The molecule has 1 aliphatic rings. The molecule has 1 aliphatic heterocycles. The van der Waals surface area contributed by atoms with E-state index in [2.05, 4.69) is 68.6 Å². The molecule has 0 bridgehead atoms. The average molecular weight is 820 g/mol. The Kier molecular flexibility index (Phi) is 18.3. The Bertz CT molecular complexity index is 1660. The summed E-state index contributed by atoms with van der Waals surface area (Å²) in [4.78, 5) is 62.5. The molecule has 1 saturated heterocycles. The van der Waals surface area contributed by atoms with Crippen molar-refractivity contribution in [3.8, 4) is 12.3 Å². The van der Waals surface area contributed by atoms with Crippen molar-refractivity contribution in [2.24, 2.45) is 0 Å². The second-order valence-corrected chi connectivity index (χ2v) is 20.8. The normalized spacial score (nSPS) is 18.4. The maximum atomic E-state index is 14.2. The number of carbonyl (C=O) groups is 4. The van der Waals surface area contributed by atoms with Crippen LogP contribution >= 0.6 is 0 Å². The molecule has 0 aliphatic carbocycles. The average Bonchev–Trinajstić information content (AvgIpc) is 3.73. The highest BCUT2D eigenvalue weighted by Gasteiger charge is 2.53. The maximum Gasteiger partial charge on any atom is 0.312 e. The van der Waals surface area contributed by atoms with E-state index in [9.17, 15) is 23.6 Å². The van der Waals surface area contributed by atoms with Gasteiger partial charge in [-0.15, -0.1) is 6.42 Å². The van der Waals surface area contributed by atoms with E-state index in [0.717, 1.165) is 38.5 Å². The lowest BCUT2D eigenvalue weighted by Crippen LogP contribution is -2.50. The van der Waals surface area contributed by atoms with Gasteiger partial charge in [0, 0.05) is 32.1 Å². The first-order chi connectivity index (χ1) is 26.9. The number of nitrogen functional groups attached to an aromatic ring is 1. The summed E-state index contributed by atoms with van der Waals surface area (Å²) >= 11 is 0. The van der Waals surface area contributed by atoms with Crippen molar-refractivity contribution in [3.05, 3.63) is 12.4 Å². The Hall–Kier alpha value is -4.14. The van der Waals surface area contributed by atoms with Crippen molar-refractivity contribution >= 4 is 49.2 Å². The van der Waals surface area contributed by atoms with Gasteiger partial charge in [-0.3, -0.25) is 23.7 Å². The van der Waals surface area contributed by atoms with Gasteiger partial charge < -0.3 is 33.8 Å². The zero-order chi connectivity index (χ0) is 42.2. The molecule has 17 heteroatoms. The van der Waals surface area contributed by atoms with Gasteiger partial charge in [0.15, 0.2) is 37.0 Å². The van der Waals surface area contributed by atoms with Crippen molar-refractivity contribution in [3.63, 3.8) is 0 Å². The standard InChI is InChI=1S/C40H62FN5O10Si/c1-9-12-14-16-19-31(47)51-24-28(25-52-32(48)20-17-15-13-10-2)54-33(49)21-18-22-34(50)55-29-23-30(46-27-43-35-36(42)44-38(41)45-37(35)46)56-40(29,11-3)26-53-57(7,8)39(4,5)6/h3,27-30H,9-10,12-26H2,1-2,4-8H3,(H2,42,44,45)/t29-,30+,40+/m0/s1. The number of hydrogen-bond donors (Lipinski definition) is 1. The zero-order valence-electron chi connectivity index (χ0n) is 34.7. The van der Waals surface area contributed by atoms with E-state index in [1.165, 1.54) is 10.9 Å². The molecule has 1 fully saturated rings. The highest BCUT2D eigenvalue weighted by Crippen LogP contribution is 2.43.